The number of aliphatic imine (C=N–C) groups is 1. The van der Waals surface area contributed by atoms with E-state index in [9.17, 15) is 0 Å². The summed E-state index contributed by atoms with van der Waals surface area (Å²) in [6.07, 6.45) is 1.90. The highest BCUT2D eigenvalue weighted by molar-refractivity contribution is 7.18. The molecule has 0 N–H and O–H groups in total. The van der Waals surface area contributed by atoms with Crippen LogP contribution in [0.2, 0.25) is 0 Å². The van der Waals surface area contributed by atoms with Crippen molar-refractivity contribution in [3.05, 3.63) is 53.0 Å². The fourth-order valence-electron chi connectivity index (χ4n) is 2.12. The van der Waals surface area contributed by atoms with E-state index in [-0.39, 0.29) is 0 Å². The zero-order valence-electron chi connectivity index (χ0n) is 12.4. The van der Waals surface area contributed by atoms with E-state index in [0.29, 0.717) is 0 Å². The summed E-state index contributed by atoms with van der Waals surface area (Å²) in [5.74, 6) is 0. The van der Waals surface area contributed by atoms with Gasteiger partial charge in [-0.25, -0.2) is 4.98 Å². The molecule has 0 amide bonds. The maximum atomic E-state index is 4.55. The topological polar surface area (TPSA) is 28.5 Å². The van der Waals surface area contributed by atoms with Crippen molar-refractivity contribution in [2.45, 2.75) is 6.92 Å². The number of rotatable bonds is 3. The normalized spacial score (nSPS) is 11.4. The highest BCUT2D eigenvalue weighted by Crippen LogP contribution is 2.26. The van der Waals surface area contributed by atoms with Crippen LogP contribution in [0, 0.1) is 6.92 Å². The number of benzene rings is 2. The van der Waals surface area contributed by atoms with Crippen molar-refractivity contribution < 1.29 is 0 Å². The molecule has 2 aromatic carbocycles. The molecule has 0 bridgehead atoms. The van der Waals surface area contributed by atoms with E-state index in [1.54, 1.807) is 11.3 Å². The minimum Gasteiger partial charge on any atom is -0.378 e. The summed E-state index contributed by atoms with van der Waals surface area (Å²) in [6, 6.07) is 14.5. The Hall–Kier alpha value is -2.20. The van der Waals surface area contributed by atoms with Gasteiger partial charge in [-0.2, -0.15) is 0 Å². The van der Waals surface area contributed by atoms with Crippen molar-refractivity contribution in [2.24, 2.45) is 4.99 Å². The number of aromatic nitrogens is 1. The van der Waals surface area contributed by atoms with Crippen LogP contribution < -0.4 is 4.90 Å². The second-order valence-electron chi connectivity index (χ2n) is 5.13. The van der Waals surface area contributed by atoms with Crippen LogP contribution in [-0.2, 0) is 0 Å². The third kappa shape index (κ3) is 3.11. The van der Waals surface area contributed by atoms with E-state index in [4.69, 9.17) is 0 Å². The SMILES string of the molecule is Cc1nc2ccc(N=Cc3ccc(N(C)C)cc3)cc2s1. The van der Waals surface area contributed by atoms with E-state index in [1.807, 2.05) is 39.4 Å². The molecule has 3 nitrogen and oxygen atoms in total. The quantitative estimate of drug-likeness (QED) is 0.669. The fourth-order valence-corrected chi connectivity index (χ4v) is 2.98. The number of hydrogen-bond acceptors (Lipinski definition) is 4. The Kier molecular flexibility index (Phi) is 3.71. The minimum atomic E-state index is 0.961. The van der Waals surface area contributed by atoms with Crippen LogP contribution >= 0.6 is 11.3 Å². The number of fused-ring (bicyclic) bond motifs is 1. The summed E-state index contributed by atoms with van der Waals surface area (Å²) < 4.78 is 1.19. The van der Waals surface area contributed by atoms with Gasteiger partial charge >= 0.3 is 0 Å². The van der Waals surface area contributed by atoms with E-state index < -0.39 is 0 Å². The summed E-state index contributed by atoms with van der Waals surface area (Å²) in [7, 11) is 4.07. The molecule has 0 aliphatic heterocycles. The first kappa shape index (κ1) is 13.8. The molecule has 3 aromatic rings. The Labute approximate surface area is 128 Å². The molecule has 0 spiro atoms. The Bertz CT molecular complexity index is 785. The van der Waals surface area contributed by atoms with Gasteiger partial charge in [0.15, 0.2) is 0 Å². The Morgan fingerprint density at radius 3 is 2.57 bits per heavy atom. The summed E-state index contributed by atoms with van der Waals surface area (Å²) in [4.78, 5) is 11.1. The van der Waals surface area contributed by atoms with Gasteiger partial charge in [-0.15, -0.1) is 11.3 Å². The van der Waals surface area contributed by atoms with Gasteiger partial charge in [0.25, 0.3) is 0 Å². The van der Waals surface area contributed by atoms with Crippen molar-refractivity contribution in [3.63, 3.8) is 0 Å². The Balaban J connectivity index is 1.83. The lowest BCUT2D eigenvalue weighted by atomic mass is 10.2. The molecular weight excluding hydrogens is 278 g/mol. The number of aryl methyl sites for hydroxylation is 1. The van der Waals surface area contributed by atoms with Crippen LogP contribution in [0.25, 0.3) is 10.2 Å². The number of nitrogens with zero attached hydrogens (tertiary/aromatic N) is 3. The van der Waals surface area contributed by atoms with Gasteiger partial charge in [0.05, 0.1) is 20.9 Å². The summed E-state index contributed by atoms with van der Waals surface area (Å²) in [6.45, 7) is 2.03. The summed E-state index contributed by atoms with van der Waals surface area (Å²) in [5, 5.41) is 1.09. The van der Waals surface area contributed by atoms with Crippen LogP contribution in [0.4, 0.5) is 11.4 Å². The molecule has 0 aliphatic rings. The number of anilines is 1. The number of hydrogen-bond donors (Lipinski definition) is 0. The van der Waals surface area contributed by atoms with E-state index >= 15 is 0 Å². The van der Waals surface area contributed by atoms with Crippen LogP contribution in [0.15, 0.2) is 47.5 Å². The third-order valence-corrected chi connectivity index (χ3v) is 4.18. The molecular formula is C17H17N3S. The highest BCUT2D eigenvalue weighted by atomic mass is 32.1. The molecule has 106 valence electrons. The molecule has 4 heteroatoms. The van der Waals surface area contributed by atoms with Gasteiger partial charge in [-0.1, -0.05) is 12.1 Å². The molecule has 21 heavy (non-hydrogen) atoms. The summed E-state index contributed by atoms with van der Waals surface area (Å²) >= 11 is 1.70. The van der Waals surface area contributed by atoms with Crippen LogP contribution in [-0.4, -0.2) is 25.3 Å². The van der Waals surface area contributed by atoms with Crippen LogP contribution in [0.1, 0.15) is 10.6 Å². The van der Waals surface area contributed by atoms with Crippen molar-refractivity contribution >= 4 is 39.1 Å². The van der Waals surface area contributed by atoms with Gasteiger partial charge in [-0.05, 0) is 42.8 Å². The first-order chi connectivity index (χ1) is 10.1. The second kappa shape index (κ2) is 5.66. The highest BCUT2D eigenvalue weighted by Gasteiger charge is 2.00. The lowest BCUT2D eigenvalue weighted by molar-refractivity contribution is 1.13. The van der Waals surface area contributed by atoms with E-state index in [2.05, 4.69) is 45.2 Å². The minimum absolute atomic E-state index is 0.961. The molecule has 0 atom stereocenters. The molecule has 0 saturated carbocycles. The lowest BCUT2D eigenvalue weighted by Crippen LogP contribution is -2.08. The predicted octanol–water partition coefficient (Wildman–Crippen LogP) is 4.42. The lowest BCUT2D eigenvalue weighted by Gasteiger charge is -2.11. The molecule has 0 saturated heterocycles. The summed E-state index contributed by atoms with van der Waals surface area (Å²) in [5.41, 5.74) is 4.30. The second-order valence-corrected chi connectivity index (χ2v) is 6.36. The molecule has 0 unspecified atom stereocenters. The maximum Gasteiger partial charge on any atom is 0.0907 e. The first-order valence-corrected chi connectivity index (χ1v) is 7.62. The van der Waals surface area contributed by atoms with Crippen LogP contribution in [0.5, 0.6) is 0 Å². The monoisotopic (exact) mass is 295 g/mol. The fraction of sp³-hybridized carbons (Fsp3) is 0.176. The average molecular weight is 295 g/mol. The van der Waals surface area contributed by atoms with Crippen LogP contribution in [0.3, 0.4) is 0 Å². The third-order valence-electron chi connectivity index (χ3n) is 3.25. The zero-order valence-corrected chi connectivity index (χ0v) is 13.2. The van der Waals surface area contributed by atoms with Gasteiger partial charge in [0.2, 0.25) is 0 Å². The molecule has 0 aliphatic carbocycles. The van der Waals surface area contributed by atoms with Gasteiger partial charge in [-0.3, -0.25) is 4.99 Å². The van der Waals surface area contributed by atoms with Gasteiger partial charge in [0, 0.05) is 26.0 Å². The van der Waals surface area contributed by atoms with Gasteiger partial charge < -0.3 is 4.90 Å². The molecule has 0 fully saturated rings. The largest absolute Gasteiger partial charge is 0.378 e. The molecule has 0 radical (unpaired) electrons. The average Bonchev–Trinajstić information content (AvgIpc) is 2.84. The zero-order chi connectivity index (χ0) is 14.8. The van der Waals surface area contributed by atoms with Crippen molar-refractivity contribution in [1.29, 1.82) is 0 Å². The first-order valence-electron chi connectivity index (χ1n) is 6.80. The van der Waals surface area contributed by atoms with Crippen molar-refractivity contribution in [3.8, 4) is 0 Å². The van der Waals surface area contributed by atoms with Crippen molar-refractivity contribution in [2.75, 3.05) is 19.0 Å². The standard InChI is InChI=1S/C17H17N3S/c1-12-19-16-9-6-14(10-17(16)21-12)18-11-13-4-7-15(8-5-13)20(2)3/h4-11H,1-3H3. The Morgan fingerprint density at radius 1 is 1.10 bits per heavy atom. The molecule has 3 rings (SSSR count). The van der Waals surface area contributed by atoms with Gasteiger partial charge in [0.1, 0.15) is 0 Å². The Morgan fingerprint density at radius 2 is 1.86 bits per heavy atom. The number of thiazole rings is 1. The predicted molar refractivity (Wildman–Crippen MR) is 92.4 cm³/mol. The molecule has 1 aromatic heterocycles. The maximum absolute atomic E-state index is 4.55. The van der Waals surface area contributed by atoms with E-state index in [0.717, 1.165) is 21.8 Å². The van der Waals surface area contributed by atoms with Crippen molar-refractivity contribution in [1.82, 2.24) is 4.98 Å². The molecule has 1 heterocycles. The van der Waals surface area contributed by atoms with E-state index in [1.165, 1.54) is 10.4 Å². The smallest absolute Gasteiger partial charge is 0.0907 e.